The van der Waals surface area contributed by atoms with E-state index in [1.807, 2.05) is 29.1 Å². The van der Waals surface area contributed by atoms with Crippen molar-refractivity contribution in [2.45, 2.75) is 13.8 Å². The molecule has 3 aromatic rings. The zero-order valence-electron chi connectivity index (χ0n) is 14.5. The molecule has 0 aliphatic carbocycles. The molecular weight excluding hydrogens is 326 g/mol. The maximum atomic E-state index is 4.74. The molecule has 3 rings (SSSR count). The van der Waals surface area contributed by atoms with Gasteiger partial charge in [0.25, 0.3) is 0 Å². The lowest BCUT2D eigenvalue weighted by Gasteiger charge is -2.05. The van der Waals surface area contributed by atoms with Crippen LogP contribution in [-0.4, -0.2) is 17.4 Å². The minimum Gasteiger partial charge on any atom is -0.253 e. The van der Waals surface area contributed by atoms with Crippen LogP contribution in [0.5, 0.6) is 0 Å². The molecule has 1 heterocycles. The van der Waals surface area contributed by atoms with E-state index >= 15 is 0 Å². The highest BCUT2D eigenvalue weighted by Crippen LogP contribution is 2.19. The molecule has 25 heavy (non-hydrogen) atoms. The Bertz CT molecular complexity index is 962. The summed E-state index contributed by atoms with van der Waals surface area (Å²) in [5.41, 5.74) is 5.71. The molecule has 126 valence electrons. The van der Waals surface area contributed by atoms with Crippen LogP contribution < -0.4 is 4.80 Å². The van der Waals surface area contributed by atoms with E-state index in [2.05, 4.69) is 61.1 Å². The number of aryl methyl sites for hydroxylation is 2. The van der Waals surface area contributed by atoms with E-state index in [0.29, 0.717) is 6.54 Å². The molecule has 2 aromatic carbocycles. The fourth-order valence-corrected chi connectivity index (χ4v) is 3.34. The molecule has 0 saturated heterocycles. The van der Waals surface area contributed by atoms with Gasteiger partial charge in [-0.25, -0.2) is 4.68 Å². The summed E-state index contributed by atoms with van der Waals surface area (Å²) < 4.78 is 1.91. The standard InChI is InChI=1S/C21H21N3S/c1-4-12-22-21-24(20(15-25-21)18-8-6-5-7-9-18)23-14-19-13-16(2)10-11-17(19)3/h4-11,13-15H,1,12H2,2-3H3. The summed E-state index contributed by atoms with van der Waals surface area (Å²) in [6.45, 7) is 8.51. The Morgan fingerprint density at radius 2 is 1.92 bits per heavy atom. The Balaban J connectivity index is 2.09. The molecular formula is C21H21N3S. The molecule has 0 saturated carbocycles. The highest BCUT2D eigenvalue weighted by Gasteiger charge is 2.07. The molecule has 0 radical (unpaired) electrons. The molecule has 3 nitrogen and oxygen atoms in total. The van der Waals surface area contributed by atoms with Crippen molar-refractivity contribution in [2.24, 2.45) is 10.1 Å². The van der Waals surface area contributed by atoms with Gasteiger partial charge in [-0.1, -0.05) is 60.2 Å². The predicted molar refractivity (Wildman–Crippen MR) is 107 cm³/mol. The third kappa shape index (κ3) is 4.03. The van der Waals surface area contributed by atoms with E-state index in [9.17, 15) is 0 Å². The number of aromatic nitrogens is 1. The van der Waals surface area contributed by atoms with Gasteiger partial charge in [-0.2, -0.15) is 5.10 Å². The minimum absolute atomic E-state index is 0.577. The van der Waals surface area contributed by atoms with Crippen molar-refractivity contribution in [1.82, 2.24) is 4.68 Å². The zero-order valence-corrected chi connectivity index (χ0v) is 15.3. The number of nitrogens with zero attached hydrogens (tertiary/aromatic N) is 3. The molecule has 0 unspecified atom stereocenters. The van der Waals surface area contributed by atoms with Crippen LogP contribution in [0.2, 0.25) is 0 Å². The monoisotopic (exact) mass is 347 g/mol. The van der Waals surface area contributed by atoms with Crippen molar-refractivity contribution in [3.63, 3.8) is 0 Å². The second kappa shape index (κ2) is 7.90. The second-order valence-electron chi connectivity index (χ2n) is 5.82. The highest BCUT2D eigenvalue weighted by atomic mass is 32.1. The van der Waals surface area contributed by atoms with E-state index in [-0.39, 0.29) is 0 Å². The van der Waals surface area contributed by atoms with E-state index in [1.54, 1.807) is 17.4 Å². The van der Waals surface area contributed by atoms with Gasteiger partial charge in [0.2, 0.25) is 4.80 Å². The molecule has 0 aliphatic heterocycles. The summed E-state index contributed by atoms with van der Waals surface area (Å²) in [6, 6.07) is 16.6. The van der Waals surface area contributed by atoms with E-state index in [0.717, 1.165) is 21.6 Å². The van der Waals surface area contributed by atoms with Gasteiger partial charge in [0.05, 0.1) is 18.5 Å². The largest absolute Gasteiger partial charge is 0.253 e. The van der Waals surface area contributed by atoms with E-state index in [4.69, 9.17) is 5.10 Å². The fraction of sp³-hybridized carbons (Fsp3) is 0.143. The molecule has 1 aromatic heterocycles. The van der Waals surface area contributed by atoms with Crippen LogP contribution in [0, 0.1) is 13.8 Å². The zero-order chi connectivity index (χ0) is 17.6. The topological polar surface area (TPSA) is 29.6 Å². The van der Waals surface area contributed by atoms with Crippen LogP contribution in [0.3, 0.4) is 0 Å². The number of rotatable bonds is 5. The van der Waals surface area contributed by atoms with Gasteiger partial charge < -0.3 is 0 Å². The molecule has 0 atom stereocenters. The maximum Gasteiger partial charge on any atom is 0.206 e. The van der Waals surface area contributed by atoms with Gasteiger partial charge >= 0.3 is 0 Å². The van der Waals surface area contributed by atoms with Crippen LogP contribution in [0.15, 0.2) is 76.7 Å². The van der Waals surface area contributed by atoms with Crippen LogP contribution in [0.1, 0.15) is 16.7 Å². The summed E-state index contributed by atoms with van der Waals surface area (Å²) in [6.07, 6.45) is 3.70. The average molecular weight is 347 g/mol. The average Bonchev–Trinajstić information content (AvgIpc) is 3.04. The molecule has 0 bridgehead atoms. The first kappa shape index (κ1) is 17.1. The smallest absolute Gasteiger partial charge is 0.206 e. The van der Waals surface area contributed by atoms with Crippen molar-refractivity contribution in [3.05, 3.63) is 88.1 Å². The number of thiazole rings is 1. The third-order valence-electron chi connectivity index (χ3n) is 3.86. The number of hydrogen-bond donors (Lipinski definition) is 0. The van der Waals surface area contributed by atoms with Crippen molar-refractivity contribution < 1.29 is 0 Å². The SMILES string of the molecule is C=CCN=c1scc(-c2ccccc2)n1N=Cc1cc(C)ccc1C. The Morgan fingerprint density at radius 1 is 1.12 bits per heavy atom. The van der Waals surface area contributed by atoms with E-state index < -0.39 is 0 Å². The summed E-state index contributed by atoms with van der Waals surface area (Å²) in [5.74, 6) is 0. The van der Waals surface area contributed by atoms with Crippen LogP contribution in [-0.2, 0) is 0 Å². The first-order valence-electron chi connectivity index (χ1n) is 8.18. The first-order valence-corrected chi connectivity index (χ1v) is 9.06. The highest BCUT2D eigenvalue weighted by molar-refractivity contribution is 7.07. The number of benzene rings is 2. The van der Waals surface area contributed by atoms with Crippen molar-refractivity contribution in [2.75, 3.05) is 6.54 Å². The molecule has 0 aliphatic rings. The summed E-state index contributed by atoms with van der Waals surface area (Å²) >= 11 is 1.59. The van der Waals surface area contributed by atoms with E-state index in [1.165, 1.54) is 11.1 Å². The Kier molecular flexibility index (Phi) is 5.41. The predicted octanol–water partition coefficient (Wildman–Crippen LogP) is 4.80. The molecule has 0 spiro atoms. The fourth-order valence-electron chi connectivity index (χ4n) is 2.49. The van der Waals surface area contributed by atoms with Crippen LogP contribution >= 0.6 is 11.3 Å². The summed E-state index contributed by atoms with van der Waals surface area (Å²) in [7, 11) is 0. The molecule has 0 amide bonds. The Labute approximate surface area is 152 Å². The maximum absolute atomic E-state index is 4.74. The Morgan fingerprint density at radius 3 is 2.68 bits per heavy atom. The van der Waals surface area contributed by atoms with Gasteiger partial charge in [-0.15, -0.1) is 17.9 Å². The summed E-state index contributed by atoms with van der Waals surface area (Å²) in [5, 5.41) is 6.84. The lowest BCUT2D eigenvalue weighted by molar-refractivity contribution is 0.840. The van der Waals surface area contributed by atoms with Crippen LogP contribution in [0.25, 0.3) is 11.3 Å². The lowest BCUT2D eigenvalue weighted by Crippen LogP contribution is -2.12. The normalized spacial score (nSPS) is 12.0. The van der Waals surface area contributed by atoms with Gasteiger partial charge in [0, 0.05) is 10.9 Å². The molecule has 0 N–H and O–H groups in total. The van der Waals surface area contributed by atoms with Gasteiger partial charge in [0.1, 0.15) is 0 Å². The lowest BCUT2D eigenvalue weighted by atomic mass is 10.1. The van der Waals surface area contributed by atoms with Crippen molar-refractivity contribution in [1.29, 1.82) is 0 Å². The second-order valence-corrected chi connectivity index (χ2v) is 6.65. The Hall–Kier alpha value is -2.72. The molecule has 4 heteroatoms. The third-order valence-corrected chi connectivity index (χ3v) is 4.71. The number of hydrogen-bond acceptors (Lipinski definition) is 3. The van der Waals surface area contributed by atoms with Crippen LogP contribution in [0.4, 0.5) is 0 Å². The molecule has 0 fully saturated rings. The summed E-state index contributed by atoms with van der Waals surface area (Å²) in [4.78, 5) is 5.43. The van der Waals surface area contributed by atoms with Gasteiger partial charge in [0.15, 0.2) is 0 Å². The van der Waals surface area contributed by atoms with Crippen molar-refractivity contribution in [3.8, 4) is 11.3 Å². The van der Waals surface area contributed by atoms with Crippen molar-refractivity contribution >= 4 is 17.6 Å². The first-order chi connectivity index (χ1) is 12.2. The minimum atomic E-state index is 0.577. The van der Waals surface area contributed by atoms with Gasteiger partial charge in [-0.05, 0) is 25.0 Å². The quantitative estimate of drug-likeness (QED) is 0.469. The van der Waals surface area contributed by atoms with Gasteiger partial charge in [-0.3, -0.25) is 4.99 Å².